The van der Waals surface area contributed by atoms with E-state index in [0.717, 1.165) is 11.3 Å². The monoisotopic (exact) mass is 266 g/mol. The lowest BCUT2D eigenvalue weighted by molar-refractivity contribution is 0.355. The highest BCUT2D eigenvalue weighted by Gasteiger charge is 2.02. The molecule has 0 aliphatic heterocycles. The van der Waals surface area contributed by atoms with Crippen LogP contribution in [0.25, 0.3) is 0 Å². The Hall–Kier alpha value is -2.80. The first-order valence-corrected chi connectivity index (χ1v) is 6.03. The Morgan fingerprint density at radius 3 is 2.55 bits per heavy atom. The maximum absolute atomic E-state index is 8.84. The third kappa shape index (κ3) is 3.15. The van der Waals surface area contributed by atoms with Gasteiger partial charge in [-0.1, -0.05) is 6.07 Å². The fraction of sp³-hybridized carbons (Fsp3) is 0.125. The van der Waals surface area contributed by atoms with Crippen LogP contribution in [0.5, 0.6) is 11.5 Å². The highest BCUT2D eigenvalue weighted by Crippen LogP contribution is 2.27. The van der Waals surface area contributed by atoms with Gasteiger partial charge in [-0.2, -0.15) is 5.26 Å². The predicted octanol–water partition coefficient (Wildman–Crippen LogP) is 3.33. The summed E-state index contributed by atoms with van der Waals surface area (Å²) in [7, 11) is 3.19. The molecular formula is C16H14N2O2. The summed E-state index contributed by atoms with van der Waals surface area (Å²) in [5, 5.41) is 8.84. The van der Waals surface area contributed by atoms with Crippen molar-refractivity contribution in [3.63, 3.8) is 0 Å². The molecule has 0 fully saturated rings. The van der Waals surface area contributed by atoms with Crippen LogP contribution in [0.4, 0.5) is 5.69 Å². The van der Waals surface area contributed by atoms with Crippen LogP contribution in [0, 0.1) is 11.3 Å². The Bertz CT molecular complexity index is 672. The van der Waals surface area contributed by atoms with Crippen LogP contribution < -0.4 is 9.47 Å². The number of methoxy groups -OCH3 is 2. The van der Waals surface area contributed by atoms with Gasteiger partial charge in [0.1, 0.15) is 0 Å². The summed E-state index contributed by atoms with van der Waals surface area (Å²) in [4.78, 5) is 4.34. The lowest BCUT2D eigenvalue weighted by atomic mass is 10.2. The maximum Gasteiger partial charge on any atom is 0.161 e. The van der Waals surface area contributed by atoms with Gasteiger partial charge in [-0.25, -0.2) is 0 Å². The lowest BCUT2D eigenvalue weighted by Gasteiger charge is -2.07. The second-order valence-electron chi connectivity index (χ2n) is 4.03. The van der Waals surface area contributed by atoms with Gasteiger partial charge in [0.05, 0.1) is 31.5 Å². The molecule has 0 spiro atoms. The second kappa shape index (κ2) is 6.39. The van der Waals surface area contributed by atoms with E-state index >= 15 is 0 Å². The number of nitrogens with zero attached hydrogens (tertiary/aromatic N) is 2. The first-order chi connectivity index (χ1) is 9.76. The van der Waals surface area contributed by atoms with E-state index in [1.807, 2.05) is 24.3 Å². The van der Waals surface area contributed by atoms with E-state index in [1.165, 1.54) is 0 Å². The summed E-state index contributed by atoms with van der Waals surface area (Å²) in [6, 6.07) is 14.8. The summed E-state index contributed by atoms with van der Waals surface area (Å²) in [5.74, 6) is 1.33. The molecule has 2 aromatic carbocycles. The van der Waals surface area contributed by atoms with Crippen LogP contribution in [0.1, 0.15) is 11.1 Å². The molecule has 0 aliphatic rings. The fourth-order valence-electron chi connectivity index (χ4n) is 1.74. The van der Waals surface area contributed by atoms with Crippen molar-refractivity contribution in [1.29, 1.82) is 5.26 Å². The average Bonchev–Trinajstić information content (AvgIpc) is 2.52. The zero-order valence-corrected chi connectivity index (χ0v) is 11.3. The zero-order valence-electron chi connectivity index (χ0n) is 11.3. The summed E-state index contributed by atoms with van der Waals surface area (Å²) in [6.45, 7) is 0. The number of nitriles is 1. The molecule has 0 saturated heterocycles. The first kappa shape index (κ1) is 13.6. The second-order valence-corrected chi connectivity index (χ2v) is 4.03. The molecule has 0 amide bonds. The third-order valence-corrected chi connectivity index (χ3v) is 2.75. The van der Waals surface area contributed by atoms with Gasteiger partial charge in [-0.3, -0.25) is 4.99 Å². The van der Waals surface area contributed by atoms with E-state index in [4.69, 9.17) is 14.7 Å². The van der Waals surface area contributed by atoms with Crippen LogP contribution >= 0.6 is 0 Å². The third-order valence-electron chi connectivity index (χ3n) is 2.75. The molecule has 0 unspecified atom stereocenters. The van der Waals surface area contributed by atoms with E-state index in [9.17, 15) is 0 Å². The first-order valence-electron chi connectivity index (χ1n) is 6.03. The SMILES string of the molecule is COc1ccc(C=Nc2cccc(C#N)c2)cc1OC. The quantitative estimate of drug-likeness (QED) is 0.797. The van der Waals surface area contributed by atoms with Crippen LogP contribution in [0.2, 0.25) is 0 Å². The van der Waals surface area contributed by atoms with Crippen LogP contribution in [0.3, 0.4) is 0 Å². The van der Waals surface area contributed by atoms with E-state index in [2.05, 4.69) is 11.1 Å². The molecule has 0 atom stereocenters. The number of hydrogen-bond acceptors (Lipinski definition) is 4. The molecule has 0 aromatic heterocycles. The highest BCUT2D eigenvalue weighted by molar-refractivity contribution is 5.83. The molecule has 4 heteroatoms. The number of rotatable bonds is 4. The Balaban J connectivity index is 2.25. The van der Waals surface area contributed by atoms with Crippen LogP contribution in [-0.2, 0) is 0 Å². The molecule has 0 N–H and O–H groups in total. The number of benzene rings is 2. The van der Waals surface area contributed by atoms with Crippen molar-refractivity contribution >= 4 is 11.9 Å². The Labute approximate surface area is 117 Å². The molecule has 0 saturated carbocycles. The predicted molar refractivity (Wildman–Crippen MR) is 78.0 cm³/mol. The Kier molecular flexibility index (Phi) is 4.35. The summed E-state index contributed by atoms with van der Waals surface area (Å²) in [5.41, 5.74) is 2.22. The minimum absolute atomic E-state index is 0.590. The molecule has 0 aliphatic carbocycles. The fourth-order valence-corrected chi connectivity index (χ4v) is 1.74. The van der Waals surface area contributed by atoms with E-state index in [1.54, 1.807) is 38.6 Å². The molecule has 20 heavy (non-hydrogen) atoms. The minimum atomic E-state index is 0.590. The van der Waals surface area contributed by atoms with Crippen LogP contribution in [0.15, 0.2) is 47.5 Å². The summed E-state index contributed by atoms with van der Waals surface area (Å²) >= 11 is 0. The van der Waals surface area contributed by atoms with Crippen molar-refractivity contribution in [2.45, 2.75) is 0 Å². The van der Waals surface area contributed by atoms with Crippen molar-refractivity contribution in [2.75, 3.05) is 14.2 Å². The van der Waals surface area contributed by atoms with Crippen molar-refractivity contribution in [2.24, 2.45) is 4.99 Å². The molecule has 0 bridgehead atoms. The van der Waals surface area contributed by atoms with Gasteiger partial charge in [-0.15, -0.1) is 0 Å². The summed E-state index contributed by atoms with van der Waals surface area (Å²) < 4.78 is 10.4. The van der Waals surface area contributed by atoms with Gasteiger partial charge in [0.25, 0.3) is 0 Å². The standard InChI is InChI=1S/C16H14N2O2/c1-19-15-7-6-13(9-16(15)20-2)11-18-14-5-3-4-12(8-14)10-17/h3-9,11H,1-2H3. The van der Waals surface area contributed by atoms with E-state index < -0.39 is 0 Å². The molecule has 100 valence electrons. The molecular weight excluding hydrogens is 252 g/mol. The zero-order chi connectivity index (χ0) is 14.4. The van der Waals surface area contributed by atoms with Gasteiger partial charge in [0.15, 0.2) is 11.5 Å². The highest BCUT2D eigenvalue weighted by atomic mass is 16.5. The molecule has 4 nitrogen and oxygen atoms in total. The van der Waals surface area contributed by atoms with Crippen molar-refractivity contribution in [3.8, 4) is 17.6 Å². The number of hydrogen-bond donors (Lipinski definition) is 0. The van der Waals surface area contributed by atoms with Crippen molar-refractivity contribution in [1.82, 2.24) is 0 Å². The topological polar surface area (TPSA) is 54.6 Å². The van der Waals surface area contributed by atoms with Crippen molar-refractivity contribution < 1.29 is 9.47 Å². The van der Waals surface area contributed by atoms with Crippen LogP contribution in [-0.4, -0.2) is 20.4 Å². The van der Waals surface area contributed by atoms with Gasteiger partial charge in [0, 0.05) is 6.21 Å². The normalized spacial score (nSPS) is 10.2. The number of aliphatic imine (C=N–C) groups is 1. The van der Waals surface area contributed by atoms with E-state index in [0.29, 0.717) is 17.1 Å². The maximum atomic E-state index is 8.84. The van der Waals surface area contributed by atoms with Gasteiger partial charge >= 0.3 is 0 Å². The lowest BCUT2D eigenvalue weighted by Crippen LogP contribution is -1.91. The van der Waals surface area contributed by atoms with Gasteiger partial charge < -0.3 is 9.47 Å². The van der Waals surface area contributed by atoms with Gasteiger partial charge in [0.2, 0.25) is 0 Å². The minimum Gasteiger partial charge on any atom is -0.493 e. The molecule has 2 aromatic rings. The molecule has 2 rings (SSSR count). The Morgan fingerprint density at radius 1 is 1.05 bits per heavy atom. The molecule has 0 radical (unpaired) electrons. The van der Waals surface area contributed by atoms with Gasteiger partial charge in [-0.05, 0) is 42.0 Å². The van der Waals surface area contributed by atoms with Crippen molar-refractivity contribution in [3.05, 3.63) is 53.6 Å². The smallest absolute Gasteiger partial charge is 0.161 e. The Morgan fingerprint density at radius 2 is 1.85 bits per heavy atom. The largest absolute Gasteiger partial charge is 0.493 e. The van der Waals surface area contributed by atoms with E-state index in [-0.39, 0.29) is 0 Å². The summed E-state index contributed by atoms with van der Waals surface area (Å²) in [6.07, 6.45) is 1.72. The number of ether oxygens (including phenoxy) is 2. The average molecular weight is 266 g/mol. The molecule has 0 heterocycles.